The molecule has 0 spiro atoms. The molecule has 0 aromatic carbocycles. The summed E-state index contributed by atoms with van der Waals surface area (Å²) in [4.78, 5) is 39.1. The van der Waals surface area contributed by atoms with Crippen LogP contribution in [0.25, 0.3) is 0 Å². The van der Waals surface area contributed by atoms with Crippen molar-refractivity contribution in [1.82, 2.24) is 0 Å². The zero-order chi connectivity index (χ0) is 31.2. The van der Waals surface area contributed by atoms with Gasteiger partial charge < -0.3 is 28.4 Å². The first-order valence-electron chi connectivity index (χ1n) is 15.2. The van der Waals surface area contributed by atoms with Crippen molar-refractivity contribution in [3.8, 4) is 37.6 Å². The van der Waals surface area contributed by atoms with E-state index in [4.69, 9.17) is 47.7 Å². The van der Waals surface area contributed by atoms with Crippen LogP contribution >= 0.6 is 0 Å². The summed E-state index contributed by atoms with van der Waals surface area (Å²) in [6.07, 6.45) is 28.7. The minimum absolute atomic E-state index is 0.0854. The largest absolute Gasteiger partial charge is 0.465 e. The molecule has 9 nitrogen and oxygen atoms in total. The normalized spacial score (nSPS) is 19.9. The Morgan fingerprint density at radius 3 is 1.38 bits per heavy atom. The Morgan fingerprint density at radius 1 is 0.619 bits per heavy atom. The highest BCUT2D eigenvalue weighted by atomic mass is 16.5. The van der Waals surface area contributed by atoms with E-state index >= 15 is 0 Å². The van der Waals surface area contributed by atoms with Crippen LogP contribution in [0.5, 0.6) is 0 Å². The molecular formula is C33H48O9. The molecule has 0 radical (unpaired) electrons. The Bertz CT molecular complexity index is 925. The maximum Gasteiger partial charge on any atom is 0.309 e. The van der Waals surface area contributed by atoms with Gasteiger partial charge in [0, 0.05) is 0 Å². The number of hydrogen-bond donors (Lipinski definition) is 0. The number of terminal acetylenes is 3. The molecule has 0 aliphatic heterocycles. The fourth-order valence-electron chi connectivity index (χ4n) is 5.04. The van der Waals surface area contributed by atoms with Crippen molar-refractivity contribution in [2.45, 2.75) is 116 Å². The Labute approximate surface area is 252 Å². The molecule has 0 heterocycles. The number of rotatable bonds is 21. The van der Waals surface area contributed by atoms with Crippen LogP contribution in [0.3, 0.4) is 0 Å². The van der Waals surface area contributed by atoms with Gasteiger partial charge >= 0.3 is 17.9 Å². The highest BCUT2D eigenvalue weighted by Gasteiger charge is 2.43. The summed E-state index contributed by atoms with van der Waals surface area (Å²) in [7, 11) is 0. The fraction of sp³-hybridized carbons (Fsp3) is 0.727. The average Bonchev–Trinajstić information content (AvgIpc) is 3.00. The summed E-state index contributed by atoms with van der Waals surface area (Å²) in [6.45, 7) is 6.46. The first-order valence-corrected chi connectivity index (χ1v) is 15.2. The third-order valence-electron chi connectivity index (χ3n) is 7.60. The molecule has 6 atom stereocenters. The van der Waals surface area contributed by atoms with Crippen LogP contribution in [-0.2, 0) is 42.8 Å². The highest BCUT2D eigenvalue weighted by Crippen LogP contribution is 2.36. The molecule has 1 saturated carbocycles. The second kappa shape index (κ2) is 22.1. The molecule has 0 aromatic rings. The second-order valence-electron chi connectivity index (χ2n) is 10.5. The van der Waals surface area contributed by atoms with Crippen LogP contribution in [0.1, 0.15) is 97.8 Å². The number of esters is 3. The van der Waals surface area contributed by atoms with Crippen molar-refractivity contribution in [2.75, 3.05) is 19.8 Å². The van der Waals surface area contributed by atoms with E-state index in [1.807, 2.05) is 20.8 Å². The lowest BCUT2D eigenvalue weighted by Gasteiger charge is -2.32. The van der Waals surface area contributed by atoms with Crippen LogP contribution in [0.4, 0.5) is 0 Å². The van der Waals surface area contributed by atoms with Crippen LogP contribution < -0.4 is 0 Å². The molecule has 0 N–H and O–H groups in total. The Hall–Kier alpha value is -3.51. The van der Waals surface area contributed by atoms with Gasteiger partial charge in [0.15, 0.2) is 0 Å². The fourth-order valence-corrected chi connectivity index (χ4v) is 5.04. The predicted molar refractivity (Wildman–Crippen MR) is 157 cm³/mol. The van der Waals surface area contributed by atoms with Gasteiger partial charge in [0.25, 0.3) is 0 Å². The van der Waals surface area contributed by atoms with Crippen molar-refractivity contribution >= 4 is 17.9 Å². The van der Waals surface area contributed by atoms with Gasteiger partial charge in [-0.15, -0.1) is 0 Å². The van der Waals surface area contributed by atoms with E-state index in [9.17, 15) is 14.4 Å². The molecule has 1 fully saturated rings. The number of ether oxygens (including phenoxy) is 6. The summed E-state index contributed by atoms with van der Waals surface area (Å²) >= 11 is 0. The summed E-state index contributed by atoms with van der Waals surface area (Å²) in [5.41, 5.74) is 0. The lowest BCUT2D eigenvalue weighted by atomic mass is 9.74. The molecule has 234 valence electrons. The van der Waals surface area contributed by atoms with Crippen LogP contribution in [0, 0.1) is 55.3 Å². The van der Waals surface area contributed by atoms with E-state index in [2.05, 4.69) is 18.3 Å². The number of carbonyl (C=O) groups is 3. The standard InChI is InChI=1S/C33H48O9/c1-7-26(37-10-4)16-13-21-40-31(34)25-19-20-29(32(35)41-22-14-17-27(8-2)38-11-5)30(24-25)33(36)42-23-15-18-28(9-3)39-12-6/h4-6,25-30H,7-9,13-24H2,1-3H3. The van der Waals surface area contributed by atoms with Gasteiger partial charge in [-0.25, -0.2) is 0 Å². The van der Waals surface area contributed by atoms with E-state index in [1.165, 1.54) is 0 Å². The van der Waals surface area contributed by atoms with Crippen LogP contribution in [0.15, 0.2) is 0 Å². The Morgan fingerprint density at radius 2 is 1.00 bits per heavy atom. The Balaban J connectivity index is 2.74. The van der Waals surface area contributed by atoms with Crippen molar-refractivity contribution in [3.05, 3.63) is 0 Å². The van der Waals surface area contributed by atoms with Gasteiger partial charge in [0.05, 0.1) is 37.6 Å². The molecule has 0 aromatic heterocycles. The minimum Gasteiger partial charge on any atom is -0.465 e. The number of hydrogen-bond acceptors (Lipinski definition) is 9. The summed E-state index contributed by atoms with van der Waals surface area (Å²) in [5.74, 6) is -3.41. The minimum atomic E-state index is -0.811. The quantitative estimate of drug-likeness (QED) is 0.0779. The van der Waals surface area contributed by atoms with Gasteiger partial charge in [-0.1, -0.05) is 40.0 Å². The van der Waals surface area contributed by atoms with Gasteiger partial charge in [-0.05, 0) is 77.0 Å². The molecule has 9 heteroatoms. The average molecular weight is 589 g/mol. The van der Waals surface area contributed by atoms with E-state index in [1.54, 1.807) is 0 Å². The third kappa shape index (κ3) is 13.9. The van der Waals surface area contributed by atoms with E-state index in [-0.39, 0.29) is 50.5 Å². The van der Waals surface area contributed by atoms with Gasteiger partial charge in [0.2, 0.25) is 0 Å². The van der Waals surface area contributed by atoms with E-state index in [0.29, 0.717) is 51.4 Å². The van der Waals surface area contributed by atoms with E-state index in [0.717, 1.165) is 19.3 Å². The molecule has 1 aliphatic carbocycles. The first-order chi connectivity index (χ1) is 20.3. The molecule has 6 unspecified atom stereocenters. The summed E-state index contributed by atoms with van der Waals surface area (Å²) in [5, 5.41) is 0. The van der Waals surface area contributed by atoms with Crippen LogP contribution in [0.2, 0.25) is 0 Å². The van der Waals surface area contributed by atoms with Gasteiger partial charge in [0.1, 0.15) is 36.6 Å². The molecule has 0 bridgehead atoms. The lowest BCUT2D eigenvalue weighted by molar-refractivity contribution is -0.167. The topological polar surface area (TPSA) is 107 Å². The van der Waals surface area contributed by atoms with Gasteiger partial charge in [-0.3, -0.25) is 14.4 Å². The maximum absolute atomic E-state index is 13.2. The molecule has 0 saturated heterocycles. The van der Waals surface area contributed by atoms with Crippen molar-refractivity contribution in [2.24, 2.45) is 17.8 Å². The smallest absolute Gasteiger partial charge is 0.309 e. The third-order valence-corrected chi connectivity index (χ3v) is 7.60. The summed E-state index contributed by atoms with van der Waals surface area (Å²) in [6, 6.07) is 0. The lowest BCUT2D eigenvalue weighted by Crippen LogP contribution is -2.40. The van der Waals surface area contributed by atoms with Crippen molar-refractivity contribution < 1.29 is 42.8 Å². The monoisotopic (exact) mass is 588 g/mol. The number of carbonyl (C=O) groups excluding carboxylic acids is 3. The van der Waals surface area contributed by atoms with Crippen LogP contribution in [-0.4, -0.2) is 56.0 Å². The predicted octanol–water partition coefficient (Wildman–Crippen LogP) is 5.15. The maximum atomic E-state index is 13.2. The molecule has 1 aliphatic rings. The highest BCUT2D eigenvalue weighted by molar-refractivity contribution is 5.83. The zero-order valence-electron chi connectivity index (χ0n) is 25.5. The Kier molecular flexibility index (Phi) is 19.2. The van der Waals surface area contributed by atoms with Crippen molar-refractivity contribution in [3.63, 3.8) is 0 Å². The van der Waals surface area contributed by atoms with E-state index < -0.39 is 29.7 Å². The van der Waals surface area contributed by atoms with Gasteiger partial charge in [-0.2, -0.15) is 0 Å². The van der Waals surface area contributed by atoms with Crippen molar-refractivity contribution in [1.29, 1.82) is 0 Å². The summed E-state index contributed by atoms with van der Waals surface area (Å²) < 4.78 is 32.2. The SMILES string of the molecule is C#COC(CC)CCCOC(=O)C1CCC(C(=O)OCCCC(CC)OC#C)C(C(=O)OCCCC(CC)OC#C)C1. The molecule has 0 amide bonds. The molecule has 42 heavy (non-hydrogen) atoms. The zero-order valence-corrected chi connectivity index (χ0v) is 25.5. The second-order valence-corrected chi connectivity index (χ2v) is 10.5. The molecule has 1 rings (SSSR count). The first kappa shape index (κ1) is 36.5. The molecular weight excluding hydrogens is 540 g/mol.